The van der Waals surface area contributed by atoms with Gasteiger partial charge in [0.2, 0.25) is 0 Å². The zero-order valence-corrected chi connectivity index (χ0v) is 13.0. The van der Waals surface area contributed by atoms with Crippen LogP contribution in [-0.2, 0) is 19.1 Å². The third-order valence-corrected chi connectivity index (χ3v) is 4.36. The number of ether oxygens (including phenoxy) is 3. The Balaban J connectivity index is 2.02. The van der Waals surface area contributed by atoms with Gasteiger partial charge in [-0.05, 0) is 29.7 Å². The summed E-state index contributed by atoms with van der Waals surface area (Å²) < 4.78 is 15.1. The number of methoxy groups -OCH3 is 2. The molecule has 1 aromatic rings. The Bertz CT molecular complexity index is 675. The largest absolute Gasteiger partial charge is 0.497 e. The van der Waals surface area contributed by atoms with Crippen LogP contribution in [0, 0.1) is 0 Å². The highest BCUT2D eigenvalue weighted by molar-refractivity contribution is 5.98. The van der Waals surface area contributed by atoms with Gasteiger partial charge < -0.3 is 19.3 Å². The Morgan fingerprint density at radius 1 is 1.26 bits per heavy atom. The lowest BCUT2D eigenvalue weighted by molar-refractivity contribution is -0.220. The quantitative estimate of drug-likeness (QED) is 0.854. The number of Topliss-reactive ketones (excluding diaryl/α,β-unsaturated/α-hetero) is 1. The van der Waals surface area contributed by atoms with Crippen LogP contribution in [0.5, 0.6) is 5.75 Å². The van der Waals surface area contributed by atoms with Gasteiger partial charge >= 0.3 is 11.8 Å². The lowest BCUT2D eigenvalue weighted by Crippen LogP contribution is -2.46. The van der Waals surface area contributed by atoms with Gasteiger partial charge in [-0.1, -0.05) is 12.1 Å². The molecular formula is C17H18O6. The average molecular weight is 318 g/mol. The summed E-state index contributed by atoms with van der Waals surface area (Å²) in [6.07, 6.45) is 0.912. The fourth-order valence-electron chi connectivity index (χ4n) is 3.16. The highest BCUT2D eigenvalue weighted by Crippen LogP contribution is 2.46. The monoisotopic (exact) mass is 318 g/mol. The van der Waals surface area contributed by atoms with Crippen molar-refractivity contribution in [2.75, 3.05) is 14.2 Å². The highest BCUT2D eigenvalue weighted by atomic mass is 16.7. The van der Waals surface area contributed by atoms with Gasteiger partial charge in [0.05, 0.1) is 14.2 Å². The summed E-state index contributed by atoms with van der Waals surface area (Å²) in [6.45, 7) is 0. The zero-order valence-electron chi connectivity index (χ0n) is 13.0. The van der Waals surface area contributed by atoms with Crippen LogP contribution >= 0.6 is 0 Å². The predicted molar refractivity (Wildman–Crippen MR) is 79.7 cm³/mol. The lowest BCUT2D eigenvalue weighted by Gasteiger charge is -2.35. The molecule has 2 aliphatic rings. The smallest absolute Gasteiger partial charge is 0.379 e. The van der Waals surface area contributed by atoms with Gasteiger partial charge in [-0.2, -0.15) is 0 Å². The normalized spacial score (nSPS) is 26.6. The number of hydrogen-bond acceptors (Lipinski definition) is 6. The molecule has 0 fully saturated rings. The van der Waals surface area contributed by atoms with Crippen molar-refractivity contribution in [1.82, 2.24) is 0 Å². The molecule has 0 bridgehead atoms. The molecule has 1 N–H and O–H groups in total. The number of allylic oxidation sites excluding steroid dienone is 2. The maximum Gasteiger partial charge on any atom is 0.379 e. The molecule has 122 valence electrons. The summed E-state index contributed by atoms with van der Waals surface area (Å²) >= 11 is 0. The molecule has 0 saturated carbocycles. The summed E-state index contributed by atoms with van der Waals surface area (Å²) in [7, 11) is 2.75. The van der Waals surface area contributed by atoms with Gasteiger partial charge in [0.15, 0.2) is 11.5 Å². The van der Waals surface area contributed by atoms with E-state index in [2.05, 4.69) is 4.74 Å². The number of hydrogen-bond donors (Lipinski definition) is 1. The first-order chi connectivity index (χ1) is 11.0. The van der Waals surface area contributed by atoms with Gasteiger partial charge in [0.25, 0.3) is 0 Å². The minimum atomic E-state index is -2.14. The predicted octanol–water partition coefficient (Wildman–Crippen LogP) is 1.68. The van der Waals surface area contributed by atoms with E-state index >= 15 is 0 Å². The van der Waals surface area contributed by atoms with Gasteiger partial charge in [0.1, 0.15) is 5.75 Å². The maximum absolute atomic E-state index is 12.0. The Morgan fingerprint density at radius 3 is 2.57 bits per heavy atom. The highest BCUT2D eigenvalue weighted by Gasteiger charge is 2.50. The first-order valence-electron chi connectivity index (χ1n) is 7.38. The van der Waals surface area contributed by atoms with Crippen molar-refractivity contribution >= 4 is 11.8 Å². The molecule has 23 heavy (non-hydrogen) atoms. The van der Waals surface area contributed by atoms with E-state index in [1.807, 2.05) is 12.1 Å². The molecule has 1 aliphatic heterocycles. The molecule has 1 aromatic carbocycles. The van der Waals surface area contributed by atoms with Gasteiger partial charge in [-0.3, -0.25) is 4.79 Å². The molecule has 0 unspecified atom stereocenters. The van der Waals surface area contributed by atoms with E-state index in [9.17, 15) is 14.7 Å². The second-order valence-corrected chi connectivity index (χ2v) is 5.69. The van der Waals surface area contributed by atoms with Crippen LogP contribution < -0.4 is 4.74 Å². The molecule has 6 heteroatoms. The molecule has 0 aromatic heterocycles. The average Bonchev–Trinajstić information content (AvgIpc) is 2.94. The van der Waals surface area contributed by atoms with Crippen LogP contribution in [-0.4, -0.2) is 36.9 Å². The van der Waals surface area contributed by atoms with Crippen molar-refractivity contribution in [2.45, 2.75) is 31.0 Å². The molecule has 0 amide bonds. The maximum atomic E-state index is 12.0. The third-order valence-electron chi connectivity index (χ3n) is 4.36. The van der Waals surface area contributed by atoms with E-state index in [4.69, 9.17) is 9.47 Å². The SMILES string of the molecule is COC(=O)[C@@]1(O)C[C@@H](c2ccc(OC)cc2)C2=C(O1)C(=O)CC2. The Kier molecular flexibility index (Phi) is 3.85. The number of esters is 1. The number of benzene rings is 1. The lowest BCUT2D eigenvalue weighted by atomic mass is 9.82. The van der Waals surface area contributed by atoms with Crippen LogP contribution in [0.15, 0.2) is 35.6 Å². The van der Waals surface area contributed by atoms with Crippen LogP contribution in [0.25, 0.3) is 0 Å². The molecule has 1 aliphatic carbocycles. The second-order valence-electron chi connectivity index (χ2n) is 5.69. The minimum Gasteiger partial charge on any atom is -0.497 e. The standard InChI is InChI=1S/C17H18O6/c1-21-11-5-3-10(4-6-11)13-9-17(20,16(19)22-2)23-15-12(13)7-8-14(15)18/h3-6,13,20H,7-9H2,1-2H3/t13-,17+/m0/s1. The van der Waals surface area contributed by atoms with Crippen LogP contribution in [0.1, 0.15) is 30.7 Å². The molecular weight excluding hydrogens is 300 g/mol. The molecule has 0 spiro atoms. The Morgan fingerprint density at radius 2 is 1.96 bits per heavy atom. The topological polar surface area (TPSA) is 82.1 Å². The Labute approximate surface area is 133 Å². The zero-order chi connectivity index (χ0) is 16.6. The van der Waals surface area contributed by atoms with E-state index in [-0.39, 0.29) is 23.9 Å². The summed E-state index contributed by atoms with van der Waals surface area (Å²) in [6, 6.07) is 7.33. The van der Waals surface area contributed by atoms with E-state index < -0.39 is 11.8 Å². The van der Waals surface area contributed by atoms with Crippen LogP contribution in [0.3, 0.4) is 0 Å². The summed E-state index contributed by atoms with van der Waals surface area (Å²) in [5.41, 5.74) is 1.72. The number of rotatable bonds is 3. The molecule has 0 saturated heterocycles. The van der Waals surface area contributed by atoms with E-state index in [0.29, 0.717) is 18.6 Å². The van der Waals surface area contributed by atoms with Crippen molar-refractivity contribution < 1.29 is 28.9 Å². The van der Waals surface area contributed by atoms with Crippen LogP contribution in [0.4, 0.5) is 0 Å². The van der Waals surface area contributed by atoms with E-state index in [0.717, 1.165) is 11.1 Å². The van der Waals surface area contributed by atoms with Crippen molar-refractivity contribution in [1.29, 1.82) is 0 Å². The molecule has 2 atom stereocenters. The fourth-order valence-corrected chi connectivity index (χ4v) is 3.16. The fraction of sp³-hybridized carbons (Fsp3) is 0.412. The van der Waals surface area contributed by atoms with Crippen molar-refractivity contribution in [3.05, 3.63) is 41.2 Å². The Hall–Kier alpha value is -2.34. The number of ketones is 1. The van der Waals surface area contributed by atoms with Crippen molar-refractivity contribution in [2.24, 2.45) is 0 Å². The number of carbonyl (C=O) groups excluding carboxylic acids is 2. The summed E-state index contributed by atoms with van der Waals surface area (Å²) in [5, 5.41) is 10.5. The van der Waals surface area contributed by atoms with Gasteiger partial charge in [-0.15, -0.1) is 0 Å². The molecule has 3 rings (SSSR count). The summed E-state index contributed by atoms with van der Waals surface area (Å²) in [4.78, 5) is 23.9. The van der Waals surface area contributed by atoms with Gasteiger partial charge in [-0.25, -0.2) is 4.79 Å². The third kappa shape index (κ3) is 2.59. The van der Waals surface area contributed by atoms with E-state index in [1.54, 1.807) is 19.2 Å². The van der Waals surface area contributed by atoms with Crippen molar-refractivity contribution in [3.8, 4) is 5.75 Å². The van der Waals surface area contributed by atoms with E-state index in [1.165, 1.54) is 7.11 Å². The first kappa shape index (κ1) is 15.6. The molecule has 1 heterocycles. The number of aliphatic hydroxyl groups is 1. The molecule has 0 radical (unpaired) electrons. The molecule has 6 nitrogen and oxygen atoms in total. The minimum absolute atomic E-state index is 0.0120. The van der Waals surface area contributed by atoms with Crippen molar-refractivity contribution in [3.63, 3.8) is 0 Å². The van der Waals surface area contributed by atoms with Gasteiger partial charge in [0, 0.05) is 18.8 Å². The second kappa shape index (κ2) is 5.70. The number of carbonyl (C=O) groups is 2. The first-order valence-corrected chi connectivity index (χ1v) is 7.38. The summed E-state index contributed by atoms with van der Waals surface area (Å²) in [5.74, 6) is -2.70. The van der Waals surface area contributed by atoms with Crippen LogP contribution in [0.2, 0.25) is 0 Å².